The van der Waals surface area contributed by atoms with Crippen LogP contribution >= 0.6 is 0 Å². The number of hydrogen-bond donors (Lipinski definition) is 2. The van der Waals surface area contributed by atoms with Gasteiger partial charge < -0.3 is 38.6 Å². The van der Waals surface area contributed by atoms with Crippen LogP contribution in [0.25, 0.3) is 0 Å². The van der Waals surface area contributed by atoms with E-state index in [2.05, 4.69) is 0 Å². The topological polar surface area (TPSA) is 130 Å². The molecule has 2 aliphatic heterocycles. The van der Waals surface area contributed by atoms with Gasteiger partial charge in [-0.3, -0.25) is 0 Å². The Hall–Kier alpha value is -1.30. The third kappa shape index (κ3) is 4.87. The van der Waals surface area contributed by atoms with E-state index in [0.29, 0.717) is 12.8 Å². The highest BCUT2D eigenvalue weighted by Crippen LogP contribution is 2.39. The van der Waals surface area contributed by atoms with Crippen molar-refractivity contribution in [1.82, 2.24) is 0 Å². The standard InChI is InChI=1S/C15H24O10/c1-3-14(20-5-11(16)17)22-7-13(8-23-14)9-24-15(4-2,25-10-13)21-6-12(18)19/h3-10H2,1-2H3,(H,16,17)(H,18,19). The Morgan fingerprint density at radius 2 is 1.12 bits per heavy atom. The first-order chi connectivity index (χ1) is 11.8. The highest BCUT2D eigenvalue weighted by Gasteiger charge is 2.51. The molecule has 2 heterocycles. The zero-order chi connectivity index (χ0) is 18.6. The fourth-order valence-electron chi connectivity index (χ4n) is 2.51. The van der Waals surface area contributed by atoms with Gasteiger partial charge >= 0.3 is 11.9 Å². The predicted molar refractivity (Wildman–Crippen MR) is 79.5 cm³/mol. The molecule has 144 valence electrons. The van der Waals surface area contributed by atoms with E-state index in [-0.39, 0.29) is 26.4 Å². The summed E-state index contributed by atoms with van der Waals surface area (Å²) in [5, 5.41) is 17.5. The van der Waals surface area contributed by atoms with E-state index >= 15 is 0 Å². The molecule has 2 fully saturated rings. The largest absolute Gasteiger partial charge is 0.480 e. The van der Waals surface area contributed by atoms with Crippen LogP contribution in [0, 0.1) is 5.41 Å². The van der Waals surface area contributed by atoms with Gasteiger partial charge in [-0.05, 0) is 0 Å². The first kappa shape index (κ1) is 20.0. The molecule has 0 bridgehead atoms. The Labute approximate surface area is 144 Å². The second-order valence-electron chi connectivity index (χ2n) is 6.09. The molecule has 0 saturated carbocycles. The third-order valence-electron chi connectivity index (χ3n) is 4.09. The Morgan fingerprint density at radius 1 is 0.800 bits per heavy atom. The summed E-state index contributed by atoms with van der Waals surface area (Å²) in [5.41, 5.74) is -0.601. The minimum absolute atomic E-state index is 0.180. The van der Waals surface area contributed by atoms with Crippen molar-refractivity contribution in [3.05, 3.63) is 0 Å². The van der Waals surface area contributed by atoms with Crippen LogP contribution in [0.15, 0.2) is 0 Å². The van der Waals surface area contributed by atoms with Crippen molar-refractivity contribution in [1.29, 1.82) is 0 Å². The van der Waals surface area contributed by atoms with Crippen molar-refractivity contribution >= 4 is 11.9 Å². The molecule has 0 aromatic rings. The van der Waals surface area contributed by atoms with E-state index in [0.717, 1.165) is 0 Å². The van der Waals surface area contributed by atoms with Crippen molar-refractivity contribution in [2.45, 2.75) is 38.6 Å². The maximum Gasteiger partial charge on any atom is 0.329 e. The molecule has 1 spiro atoms. The average Bonchev–Trinajstić information content (AvgIpc) is 2.62. The lowest BCUT2D eigenvalue weighted by molar-refractivity contribution is -0.463. The van der Waals surface area contributed by atoms with Crippen molar-refractivity contribution in [3.63, 3.8) is 0 Å². The van der Waals surface area contributed by atoms with Crippen molar-refractivity contribution in [2.75, 3.05) is 39.6 Å². The summed E-state index contributed by atoms with van der Waals surface area (Å²) in [5.74, 6) is -5.04. The molecule has 0 radical (unpaired) electrons. The summed E-state index contributed by atoms with van der Waals surface area (Å²) in [6.07, 6.45) is 0.636. The Kier molecular flexibility index (Phi) is 6.35. The summed E-state index contributed by atoms with van der Waals surface area (Å²) < 4.78 is 33.1. The molecule has 10 heteroatoms. The molecular formula is C15H24O10. The first-order valence-corrected chi connectivity index (χ1v) is 8.05. The van der Waals surface area contributed by atoms with Crippen LogP contribution in [0.4, 0.5) is 0 Å². The van der Waals surface area contributed by atoms with Crippen LogP contribution in [0.3, 0.4) is 0 Å². The number of hydrogen-bond acceptors (Lipinski definition) is 8. The van der Waals surface area contributed by atoms with Crippen molar-refractivity contribution in [3.8, 4) is 0 Å². The second kappa shape index (κ2) is 7.94. The van der Waals surface area contributed by atoms with Gasteiger partial charge in [0.2, 0.25) is 0 Å². The fourth-order valence-corrected chi connectivity index (χ4v) is 2.51. The molecule has 0 aromatic heterocycles. The minimum atomic E-state index is -1.40. The number of aliphatic carboxylic acids is 2. The molecular weight excluding hydrogens is 340 g/mol. The van der Waals surface area contributed by atoms with Gasteiger partial charge in [0.15, 0.2) is 0 Å². The quantitative estimate of drug-likeness (QED) is 0.624. The maximum absolute atomic E-state index is 10.7. The normalized spacial score (nSPS) is 35.6. The molecule has 0 unspecified atom stereocenters. The smallest absolute Gasteiger partial charge is 0.329 e. The van der Waals surface area contributed by atoms with Gasteiger partial charge in [-0.2, -0.15) is 0 Å². The molecule has 0 amide bonds. The summed E-state index contributed by atoms with van der Waals surface area (Å²) >= 11 is 0. The highest BCUT2D eigenvalue weighted by molar-refractivity contribution is 5.68. The summed E-state index contributed by atoms with van der Waals surface area (Å²) in [7, 11) is 0. The van der Waals surface area contributed by atoms with Crippen LogP contribution in [0.1, 0.15) is 26.7 Å². The molecule has 0 aromatic carbocycles. The molecule has 2 aliphatic rings. The van der Waals surface area contributed by atoms with Crippen LogP contribution in [0.2, 0.25) is 0 Å². The van der Waals surface area contributed by atoms with Gasteiger partial charge in [0.25, 0.3) is 11.9 Å². The van der Waals surface area contributed by atoms with Gasteiger partial charge in [-0.1, -0.05) is 13.8 Å². The summed E-state index contributed by atoms with van der Waals surface area (Å²) in [6.45, 7) is 3.17. The van der Waals surface area contributed by atoms with Crippen LogP contribution in [-0.4, -0.2) is 73.7 Å². The fraction of sp³-hybridized carbons (Fsp3) is 0.867. The number of carboxylic acids is 2. The molecule has 10 nitrogen and oxygen atoms in total. The van der Waals surface area contributed by atoms with Crippen molar-refractivity contribution in [2.24, 2.45) is 5.41 Å². The molecule has 2 N–H and O–H groups in total. The first-order valence-electron chi connectivity index (χ1n) is 8.05. The zero-order valence-electron chi connectivity index (χ0n) is 14.3. The number of ether oxygens (including phenoxy) is 6. The lowest BCUT2D eigenvalue weighted by Gasteiger charge is -2.49. The Morgan fingerprint density at radius 3 is 1.36 bits per heavy atom. The molecule has 25 heavy (non-hydrogen) atoms. The molecule has 2 rings (SSSR count). The molecule has 0 aliphatic carbocycles. The molecule has 2 saturated heterocycles. The molecule has 0 atom stereocenters. The third-order valence-corrected chi connectivity index (χ3v) is 4.09. The summed E-state index contributed by atoms with van der Waals surface area (Å²) in [6, 6.07) is 0. The average molecular weight is 364 g/mol. The summed E-state index contributed by atoms with van der Waals surface area (Å²) in [4.78, 5) is 21.4. The van der Waals surface area contributed by atoms with Crippen LogP contribution < -0.4 is 0 Å². The van der Waals surface area contributed by atoms with Crippen molar-refractivity contribution < 1.29 is 48.2 Å². The van der Waals surface area contributed by atoms with Crippen LogP contribution in [-0.2, 0) is 38.0 Å². The number of carbonyl (C=O) groups is 2. The second-order valence-corrected chi connectivity index (χ2v) is 6.09. The monoisotopic (exact) mass is 364 g/mol. The van der Waals surface area contributed by atoms with Gasteiger partial charge in [0, 0.05) is 12.8 Å². The minimum Gasteiger partial charge on any atom is -0.480 e. The number of carboxylic acid groups (broad SMARTS) is 2. The predicted octanol–water partition coefficient (Wildman–Crippen LogP) is 0.396. The SMILES string of the molecule is CCC1(OCC(=O)O)OCC2(CO1)COC(CC)(OCC(=O)O)OC2. The van der Waals surface area contributed by atoms with E-state index in [1.807, 2.05) is 0 Å². The lowest BCUT2D eigenvalue weighted by atomic mass is 9.90. The van der Waals surface area contributed by atoms with E-state index < -0.39 is 42.5 Å². The van der Waals surface area contributed by atoms with E-state index in [4.69, 9.17) is 38.6 Å². The van der Waals surface area contributed by atoms with Gasteiger partial charge in [0.1, 0.15) is 13.2 Å². The highest BCUT2D eigenvalue weighted by atomic mass is 16.9. The maximum atomic E-state index is 10.7. The van der Waals surface area contributed by atoms with E-state index in [1.165, 1.54) is 0 Å². The lowest BCUT2D eigenvalue weighted by Crippen LogP contribution is -2.60. The van der Waals surface area contributed by atoms with Crippen LogP contribution in [0.5, 0.6) is 0 Å². The zero-order valence-corrected chi connectivity index (χ0v) is 14.3. The van der Waals surface area contributed by atoms with E-state index in [1.54, 1.807) is 13.8 Å². The van der Waals surface area contributed by atoms with Gasteiger partial charge in [0.05, 0.1) is 31.8 Å². The van der Waals surface area contributed by atoms with E-state index in [9.17, 15) is 9.59 Å². The number of rotatable bonds is 8. The Balaban J connectivity index is 1.91. The Bertz CT molecular complexity index is 427. The van der Waals surface area contributed by atoms with Gasteiger partial charge in [-0.25, -0.2) is 9.59 Å². The van der Waals surface area contributed by atoms with Gasteiger partial charge in [-0.15, -0.1) is 0 Å².